The van der Waals surface area contributed by atoms with E-state index in [9.17, 15) is 9.18 Å². The number of halogens is 1. The standard InChI is InChI=1S/C13H18FNO2/c1-3-4-5-9(2)15-12-7-6-10(13(16)17)8-11(12)14/h6-9,15H,3-5H2,1-2H3,(H,16,17). The van der Waals surface area contributed by atoms with Crippen LogP contribution in [0.25, 0.3) is 0 Å². The molecule has 0 fully saturated rings. The maximum absolute atomic E-state index is 13.6. The lowest BCUT2D eigenvalue weighted by molar-refractivity contribution is 0.0696. The van der Waals surface area contributed by atoms with Crippen molar-refractivity contribution >= 4 is 11.7 Å². The van der Waals surface area contributed by atoms with E-state index >= 15 is 0 Å². The summed E-state index contributed by atoms with van der Waals surface area (Å²) in [6.45, 7) is 4.09. The second kappa shape index (κ2) is 6.23. The maximum Gasteiger partial charge on any atom is 0.335 e. The fraction of sp³-hybridized carbons (Fsp3) is 0.462. The van der Waals surface area contributed by atoms with Crippen LogP contribution in [0.2, 0.25) is 0 Å². The van der Waals surface area contributed by atoms with Crippen LogP contribution in [-0.4, -0.2) is 17.1 Å². The quantitative estimate of drug-likeness (QED) is 0.798. The summed E-state index contributed by atoms with van der Waals surface area (Å²) in [6, 6.07) is 4.10. The van der Waals surface area contributed by atoms with Crippen LogP contribution < -0.4 is 5.32 Å². The molecule has 0 heterocycles. The summed E-state index contributed by atoms with van der Waals surface area (Å²) in [5, 5.41) is 11.8. The zero-order valence-corrected chi connectivity index (χ0v) is 10.2. The highest BCUT2D eigenvalue weighted by Crippen LogP contribution is 2.18. The van der Waals surface area contributed by atoms with E-state index in [-0.39, 0.29) is 11.6 Å². The second-order valence-electron chi connectivity index (χ2n) is 4.19. The van der Waals surface area contributed by atoms with Gasteiger partial charge in [-0.05, 0) is 31.5 Å². The number of hydrogen-bond donors (Lipinski definition) is 2. The smallest absolute Gasteiger partial charge is 0.335 e. The Balaban J connectivity index is 2.69. The van der Waals surface area contributed by atoms with E-state index in [2.05, 4.69) is 12.2 Å². The van der Waals surface area contributed by atoms with Gasteiger partial charge < -0.3 is 10.4 Å². The third kappa shape index (κ3) is 4.06. The van der Waals surface area contributed by atoms with Crippen LogP contribution in [0, 0.1) is 5.82 Å². The highest BCUT2D eigenvalue weighted by Gasteiger charge is 2.09. The molecule has 0 aliphatic rings. The molecule has 0 aromatic heterocycles. The number of anilines is 1. The van der Waals surface area contributed by atoms with E-state index < -0.39 is 11.8 Å². The first-order valence-electron chi connectivity index (χ1n) is 5.84. The molecule has 0 saturated carbocycles. The van der Waals surface area contributed by atoms with Crippen LogP contribution in [0.4, 0.5) is 10.1 Å². The summed E-state index contributed by atoms with van der Waals surface area (Å²) in [6.07, 6.45) is 3.16. The summed E-state index contributed by atoms with van der Waals surface area (Å²) < 4.78 is 13.6. The molecule has 0 saturated heterocycles. The molecule has 94 valence electrons. The molecule has 1 atom stereocenters. The SMILES string of the molecule is CCCCC(C)Nc1ccc(C(=O)O)cc1F. The normalized spacial score (nSPS) is 12.2. The number of carbonyl (C=O) groups is 1. The van der Waals surface area contributed by atoms with Crippen molar-refractivity contribution in [3.8, 4) is 0 Å². The van der Waals surface area contributed by atoms with E-state index in [0.717, 1.165) is 25.3 Å². The van der Waals surface area contributed by atoms with Gasteiger partial charge in [-0.15, -0.1) is 0 Å². The monoisotopic (exact) mass is 239 g/mol. The summed E-state index contributed by atoms with van der Waals surface area (Å²) in [4.78, 5) is 10.6. The average molecular weight is 239 g/mol. The Labute approximate surface area is 101 Å². The zero-order chi connectivity index (χ0) is 12.8. The summed E-state index contributed by atoms with van der Waals surface area (Å²) in [5.74, 6) is -1.64. The van der Waals surface area contributed by atoms with Gasteiger partial charge >= 0.3 is 5.97 Å². The number of nitrogens with one attached hydrogen (secondary N) is 1. The average Bonchev–Trinajstić information content (AvgIpc) is 2.28. The summed E-state index contributed by atoms with van der Waals surface area (Å²) in [7, 11) is 0. The highest BCUT2D eigenvalue weighted by atomic mass is 19.1. The minimum Gasteiger partial charge on any atom is -0.478 e. The Bertz CT molecular complexity index is 393. The Kier molecular flexibility index (Phi) is 4.94. The molecule has 0 amide bonds. The molecule has 1 aromatic carbocycles. The highest BCUT2D eigenvalue weighted by molar-refractivity contribution is 5.88. The predicted octanol–water partition coefficient (Wildman–Crippen LogP) is 3.51. The number of aromatic carboxylic acids is 1. The first-order valence-corrected chi connectivity index (χ1v) is 5.84. The molecule has 0 radical (unpaired) electrons. The maximum atomic E-state index is 13.6. The van der Waals surface area contributed by atoms with Crippen molar-refractivity contribution in [2.24, 2.45) is 0 Å². The number of unbranched alkanes of at least 4 members (excludes halogenated alkanes) is 1. The predicted molar refractivity (Wildman–Crippen MR) is 66.0 cm³/mol. The molecule has 3 nitrogen and oxygen atoms in total. The van der Waals surface area contributed by atoms with Gasteiger partial charge in [0.05, 0.1) is 11.3 Å². The summed E-state index contributed by atoms with van der Waals surface area (Å²) in [5.41, 5.74) is 0.327. The number of carboxylic acid groups (broad SMARTS) is 1. The fourth-order valence-corrected chi connectivity index (χ4v) is 1.61. The van der Waals surface area contributed by atoms with E-state index in [1.54, 1.807) is 0 Å². The van der Waals surface area contributed by atoms with Gasteiger partial charge in [0.2, 0.25) is 0 Å². The van der Waals surface area contributed by atoms with Gasteiger partial charge in [-0.1, -0.05) is 19.8 Å². The fourth-order valence-electron chi connectivity index (χ4n) is 1.61. The molecule has 17 heavy (non-hydrogen) atoms. The van der Waals surface area contributed by atoms with E-state index in [4.69, 9.17) is 5.11 Å². The minimum atomic E-state index is -1.12. The van der Waals surface area contributed by atoms with Gasteiger partial charge in [0, 0.05) is 6.04 Å². The van der Waals surface area contributed by atoms with Crippen molar-refractivity contribution < 1.29 is 14.3 Å². The molecule has 0 aliphatic heterocycles. The number of hydrogen-bond acceptors (Lipinski definition) is 2. The van der Waals surface area contributed by atoms with Crippen molar-refractivity contribution in [3.63, 3.8) is 0 Å². The van der Waals surface area contributed by atoms with Crippen molar-refractivity contribution in [1.29, 1.82) is 0 Å². The molecule has 1 unspecified atom stereocenters. The lowest BCUT2D eigenvalue weighted by atomic mass is 10.1. The molecule has 1 rings (SSSR count). The lowest BCUT2D eigenvalue weighted by Gasteiger charge is -2.15. The van der Waals surface area contributed by atoms with Gasteiger partial charge in [-0.2, -0.15) is 0 Å². The molecular formula is C13H18FNO2. The van der Waals surface area contributed by atoms with Crippen molar-refractivity contribution in [2.75, 3.05) is 5.32 Å². The van der Waals surface area contributed by atoms with Gasteiger partial charge in [0.1, 0.15) is 5.82 Å². The van der Waals surface area contributed by atoms with Crippen LogP contribution in [-0.2, 0) is 0 Å². The molecule has 4 heteroatoms. The molecule has 1 aromatic rings. The Morgan fingerprint density at radius 1 is 1.53 bits per heavy atom. The van der Waals surface area contributed by atoms with Gasteiger partial charge in [-0.3, -0.25) is 0 Å². The number of rotatable bonds is 6. The van der Waals surface area contributed by atoms with Gasteiger partial charge in [-0.25, -0.2) is 9.18 Å². The Morgan fingerprint density at radius 2 is 2.24 bits per heavy atom. The lowest BCUT2D eigenvalue weighted by Crippen LogP contribution is -2.16. The van der Waals surface area contributed by atoms with Crippen LogP contribution in [0.1, 0.15) is 43.5 Å². The van der Waals surface area contributed by atoms with Crippen molar-refractivity contribution in [3.05, 3.63) is 29.6 Å². The first-order chi connectivity index (χ1) is 8.04. The Hall–Kier alpha value is -1.58. The minimum absolute atomic E-state index is 0.0331. The molecule has 0 spiro atoms. The van der Waals surface area contributed by atoms with E-state index in [0.29, 0.717) is 5.69 Å². The topological polar surface area (TPSA) is 49.3 Å². The third-order valence-corrected chi connectivity index (χ3v) is 2.61. The molecule has 0 aliphatic carbocycles. The third-order valence-electron chi connectivity index (χ3n) is 2.61. The van der Waals surface area contributed by atoms with Crippen molar-refractivity contribution in [1.82, 2.24) is 0 Å². The van der Waals surface area contributed by atoms with Gasteiger partial charge in [0.15, 0.2) is 0 Å². The first kappa shape index (κ1) is 13.5. The number of benzene rings is 1. The molecular weight excluding hydrogens is 221 g/mol. The molecule has 2 N–H and O–H groups in total. The largest absolute Gasteiger partial charge is 0.478 e. The van der Waals surface area contributed by atoms with Crippen molar-refractivity contribution in [2.45, 2.75) is 39.2 Å². The molecule has 0 bridgehead atoms. The van der Waals surface area contributed by atoms with E-state index in [1.165, 1.54) is 12.1 Å². The Morgan fingerprint density at radius 3 is 2.76 bits per heavy atom. The van der Waals surface area contributed by atoms with Crippen LogP contribution >= 0.6 is 0 Å². The second-order valence-corrected chi connectivity index (χ2v) is 4.19. The summed E-state index contributed by atoms with van der Waals surface area (Å²) >= 11 is 0. The van der Waals surface area contributed by atoms with Gasteiger partial charge in [0.25, 0.3) is 0 Å². The van der Waals surface area contributed by atoms with Crippen LogP contribution in [0.5, 0.6) is 0 Å². The van der Waals surface area contributed by atoms with Crippen LogP contribution in [0.3, 0.4) is 0 Å². The number of carboxylic acids is 1. The zero-order valence-electron chi connectivity index (χ0n) is 10.2. The van der Waals surface area contributed by atoms with Crippen LogP contribution in [0.15, 0.2) is 18.2 Å². The van der Waals surface area contributed by atoms with E-state index in [1.807, 2.05) is 6.92 Å².